The van der Waals surface area contributed by atoms with Crippen LogP contribution in [0, 0.1) is 23.3 Å². The van der Waals surface area contributed by atoms with Gasteiger partial charge in [-0.25, -0.2) is 23.0 Å². The second-order valence-corrected chi connectivity index (χ2v) is 4.26. The number of hydrogen-bond acceptors (Lipinski definition) is 3. The van der Waals surface area contributed by atoms with Crippen LogP contribution in [0.2, 0.25) is 0 Å². The Morgan fingerprint density at radius 2 is 1.67 bits per heavy atom. The molecule has 21 heavy (non-hydrogen) atoms. The predicted octanol–water partition coefficient (Wildman–Crippen LogP) is 2.80. The normalized spacial score (nSPS) is 12.3. The Bertz CT molecular complexity index is 664. The minimum Gasteiger partial charge on any atom is -0.494 e. The number of nitrogens with one attached hydrogen (secondary N) is 1. The van der Waals surface area contributed by atoms with E-state index in [1.54, 1.807) is 0 Å². The molecule has 0 fully saturated rings. The molecule has 0 bridgehead atoms. The van der Waals surface area contributed by atoms with Crippen LogP contribution in [-0.4, -0.2) is 7.11 Å². The van der Waals surface area contributed by atoms with Crippen molar-refractivity contribution in [2.45, 2.75) is 6.04 Å². The lowest BCUT2D eigenvalue weighted by molar-refractivity contribution is 0.385. The maximum atomic E-state index is 13.8. The van der Waals surface area contributed by atoms with Gasteiger partial charge in [-0.3, -0.25) is 5.84 Å². The van der Waals surface area contributed by atoms with E-state index in [1.165, 1.54) is 19.2 Å². The van der Waals surface area contributed by atoms with Gasteiger partial charge in [0, 0.05) is 5.56 Å². The molecule has 0 aliphatic rings. The van der Waals surface area contributed by atoms with Gasteiger partial charge in [0.25, 0.3) is 0 Å². The molecule has 2 rings (SSSR count). The Hall–Kier alpha value is -2.12. The summed E-state index contributed by atoms with van der Waals surface area (Å²) < 4.78 is 58.3. The standard InChI is InChI=1S/C14H12F4N2O/c1-21-11-6-7(2-4-9(11)15)14(20-19)8-3-5-10(16)13(18)12(8)17/h2-6,14,20H,19H2,1H3. The highest BCUT2D eigenvalue weighted by molar-refractivity contribution is 5.38. The summed E-state index contributed by atoms with van der Waals surface area (Å²) in [6.07, 6.45) is 0. The van der Waals surface area contributed by atoms with Crippen LogP contribution in [0.4, 0.5) is 17.6 Å². The van der Waals surface area contributed by atoms with Crippen molar-refractivity contribution in [1.29, 1.82) is 0 Å². The van der Waals surface area contributed by atoms with Crippen LogP contribution in [0.25, 0.3) is 0 Å². The quantitative estimate of drug-likeness (QED) is 0.395. The van der Waals surface area contributed by atoms with Gasteiger partial charge in [0.1, 0.15) is 0 Å². The molecule has 0 aliphatic carbocycles. The summed E-state index contributed by atoms with van der Waals surface area (Å²) in [6.45, 7) is 0. The first kappa shape index (κ1) is 15.3. The molecule has 112 valence electrons. The molecule has 0 saturated carbocycles. The number of hydrazine groups is 1. The van der Waals surface area contributed by atoms with Crippen LogP contribution < -0.4 is 16.0 Å². The van der Waals surface area contributed by atoms with Crippen molar-refractivity contribution in [3.8, 4) is 5.75 Å². The highest BCUT2D eigenvalue weighted by Crippen LogP contribution is 2.29. The monoisotopic (exact) mass is 300 g/mol. The Morgan fingerprint density at radius 3 is 2.29 bits per heavy atom. The van der Waals surface area contributed by atoms with Crippen LogP contribution in [0.15, 0.2) is 30.3 Å². The molecule has 3 nitrogen and oxygen atoms in total. The number of nitrogens with two attached hydrogens (primary N) is 1. The average molecular weight is 300 g/mol. The molecule has 0 aliphatic heterocycles. The van der Waals surface area contributed by atoms with E-state index in [1.807, 2.05) is 0 Å². The lowest BCUT2D eigenvalue weighted by atomic mass is 9.98. The fourth-order valence-electron chi connectivity index (χ4n) is 1.99. The van der Waals surface area contributed by atoms with Crippen LogP contribution in [-0.2, 0) is 0 Å². The zero-order chi connectivity index (χ0) is 15.6. The molecule has 0 aromatic heterocycles. The maximum Gasteiger partial charge on any atom is 0.194 e. The summed E-state index contributed by atoms with van der Waals surface area (Å²) >= 11 is 0. The smallest absolute Gasteiger partial charge is 0.194 e. The molecule has 2 aromatic carbocycles. The highest BCUT2D eigenvalue weighted by Gasteiger charge is 2.22. The lowest BCUT2D eigenvalue weighted by Crippen LogP contribution is -2.30. The van der Waals surface area contributed by atoms with Crippen molar-refractivity contribution in [1.82, 2.24) is 5.43 Å². The summed E-state index contributed by atoms with van der Waals surface area (Å²) in [4.78, 5) is 0. The van der Waals surface area contributed by atoms with E-state index in [4.69, 9.17) is 10.6 Å². The van der Waals surface area contributed by atoms with E-state index in [-0.39, 0.29) is 11.3 Å². The highest BCUT2D eigenvalue weighted by atomic mass is 19.2. The molecule has 0 spiro atoms. The number of methoxy groups -OCH3 is 1. The van der Waals surface area contributed by atoms with Gasteiger partial charge in [0.2, 0.25) is 0 Å². The molecule has 7 heteroatoms. The third-order valence-electron chi connectivity index (χ3n) is 3.05. The van der Waals surface area contributed by atoms with Gasteiger partial charge >= 0.3 is 0 Å². The van der Waals surface area contributed by atoms with E-state index in [0.717, 1.165) is 18.2 Å². The van der Waals surface area contributed by atoms with Gasteiger partial charge in [-0.05, 0) is 23.8 Å². The van der Waals surface area contributed by atoms with E-state index < -0.39 is 29.3 Å². The molecule has 0 saturated heterocycles. The first-order valence-electron chi connectivity index (χ1n) is 5.92. The summed E-state index contributed by atoms with van der Waals surface area (Å²) in [7, 11) is 1.27. The Balaban J connectivity index is 2.52. The zero-order valence-corrected chi connectivity index (χ0v) is 11.0. The van der Waals surface area contributed by atoms with Crippen LogP contribution >= 0.6 is 0 Å². The summed E-state index contributed by atoms with van der Waals surface area (Å²) in [6, 6.07) is 4.60. The number of ether oxygens (including phenoxy) is 1. The predicted molar refractivity (Wildman–Crippen MR) is 68.4 cm³/mol. The largest absolute Gasteiger partial charge is 0.494 e. The van der Waals surface area contributed by atoms with Gasteiger partial charge < -0.3 is 4.74 Å². The van der Waals surface area contributed by atoms with Crippen LogP contribution in [0.1, 0.15) is 17.2 Å². The third kappa shape index (κ3) is 2.84. The third-order valence-corrected chi connectivity index (χ3v) is 3.05. The number of halogens is 4. The Morgan fingerprint density at radius 1 is 1.00 bits per heavy atom. The number of hydrogen-bond donors (Lipinski definition) is 2. The zero-order valence-electron chi connectivity index (χ0n) is 11.0. The fraction of sp³-hybridized carbons (Fsp3) is 0.143. The van der Waals surface area contributed by atoms with Gasteiger partial charge in [0.15, 0.2) is 29.0 Å². The summed E-state index contributed by atoms with van der Waals surface area (Å²) in [5.74, 6) is 0.416. The second kappa shape index (κ2) is 6.11. The molecule has 0 radical (unpaired) electrons. The minimum absolute atomic E-state index is 0.0734. The van der Waals surface area contributed by atoms with Gasteiger partial charge in [-0.15, -0.1) is 0 Å². The van der Waals surface area contributed by atoms with Gasteiger partial charge in [0.05, 0.1) is 13.2 Å². The van der Waals surface area contributed by atoms with E-state index in [9.17, 15) is 17.6 Å². The Labute approximate surface area is 118 Å². The molecule has 1 atom stereocenters. The van der Waals surface area contributed by atoms with Crippen molar-refractivity contribution in [2.24, 2.45) is 5.84 Å². The first-order chi connectivity index (χ1) is 9.99. The summed E-state index contributed by atoms with van der Waals surface area (Å²) in [5, 5.41) is 0. The van der Waals surface area contributed by atoms with Gasteiger partial charge in [-0.1, -0.05) is 12.1 Å². The van der Waals surface area contributed by atoms with E-state index in [2.05, 4.69) is 5.43 Å². The molecule has 0 amide bonds. The number of benzene rings is 2. The molecule has 0 heterocycles. The molecule has 1 unspecified atom stereocenters. The topological polar surface area (TPSA) is 47.3 Å². The van der Waals surface area contributed by atoms with Crippen molar-refractivity contribution in [3.05, 3.63) is 64.7 Å². The SMILES string of the molecule is COc1cc(C(NN)c2ccc(F)c(F)c2F)ccc1F. The molecular weight excluding hydrogens is 288 g/mol. The van der Waals surface area contributed by atoms with Crippen LogP contribution in [0.3, 0.4) is 0 Å². The molecule has 3 N–H and O–H groups in total. The van der Waals surface area contributed by atoms with E-state index >= 15 is 0 Å². The average Bonchev–Trinajstić information content (AvgIpc) is 2.49. The fourth-order valence-corrected chi connectivity index (χ4v) is 1.99. The maximum absolute atomic E-state index is 13.8. The number of rotatable bonds is 4. The Kier molecular flexibility index (Phi) is 4.44. The summed E-state index contributed by atoms with van der Waals surface area (Å²) in [5.41, 5.74) is 2.42. The van der Waals surface area contributed by atoms with Gasteiger partial charge in [-0.2, -0.15) is 0 Å². The first-order valence-corrected chi connectivity index (χ1v) is 5.92. The lowest BCUT2D eigenvalue weighted by Gasteiger charge is -2.18. The second-order valence-electron chi connectivity index (χ2n) is 4.26. The van der Waals surface area contributed by atoms with Crippen molar-refractivity contribution in [3.63, 3.8) is 0 Å². The molecule has 2 aromatic rings. The van der Waals surface area contributed by atoms with Crippen molar-refractivity contribution in [2.75, 3.05) is 7.11 Å². The van der Waals surface area contributed by atoms with E-state index in [0.29, 0.717) is 5.56 Å². The van der Waals surface area contributed by atoms with Crippen LogP contribution in [0.5, 0.6) is 5.75 Å². The molecular formula is C14H12F4N2O. The van der Waals surface area contributed by atoms with Crippen molar-refractivity contribution >= 4 is 0 Å². The minimum atomic E-state index is -1.60. The van der Waals surface area contributed by atoms with Crippen molar-refractivity contribution < 1.29 is 22.3 Å².